The van der Waals surface area contributed by atoms with Gasteiger partial charge in [0, 0.05) is 12.7 Å². The van der Waals surface area contributed by atoms with Crippen LogP contribution in [0.3, 0.4) is 0 Å². The SMILES string of the molecule is CCn1nc(C)c(Cl)c1Cn1cc(N)c(=O)[nH]c1=O. The fourth-order valence-electron chi connectivity index (χ4n) is 1.83. The number of aromatic nitrogens is 4. The van der Waals surface area contributed by atoms with Crippen molar-refractivity contribution in [1.82, 2.24) is 19.3 Å². The molecule has 0 aliphatic heterocycles. The molecular formula is C11H14ClN5O2. The van der Waals surface area contributed by atoms with Crippen LogP contribution in [0.25, 0.3) is 0 Å². The van der Waals surface area contributed by atoms with Gasteiger partial charge in [-0.25, -0.2) is 4.79 Å². The summed E-state index contributed by atoms with van der Waals surface area (Å²) in [6, 6.07) is 0. The van der Waals surface area contributed by atoms with Crippen LogP contribution in [0.15, 0.2) is 15.8 Å². The molecule has 0 radical (unpaired) electrons. The molecule has 2 heterocycles. The van der Waals surface area contributed by atoms with E-state index in [-0.39, 0.29) is 12.2 Å². The molecule has 2 rings (SSSR count). The van der Waals surface area contributed by atoms with Crippen molar-refractivity contribution in [3.8, 4) is 0 Å². The summed E-state index contributed by atoms with van der Waals surface area (Å²) in [5.41, 5.74) is 5.76. The van der Waals surface area contributed by atoms with E-state index in [9.17, 15) is 9.59 Å². The zero-order valence-electron chi connectivity index (χ0n) is 10.6. The molecule has 3 N–H and O–H groups in total. The van der Waals surface area contributed by atoms with Crippen molar-refractivity contribution in [1.29, 1.82) is 0 Å². The largest absolute Gasteiger partial charge is 0.393 e. The molecule has 7 nitrogen and oxygen atoms in total. The summed E-state index contributed by atoms with van der Waals surface area (Å²) in [7, 11) is 0. The van der Waals surface area contributed by atoms with Gasteiger partial charge in [-0.2, -0.15) is 5.10 Å². The van der Waals surface area contributed by atoms with E-state index in [2.05, 4.69) is 10.1 Å². The third kappa shape index (κ3) is 2.41. The molecule has 0 spiro atoms. The number of nitrogens with zero attached hydrogens (tertiary/aromatic N) is 3. The summed E-state index contributed by atoms with van der Waals surface area (Å²) in [6.07, 6.45) is 1.31. The Kier molecular flexibility index (Phi) is 3.48. The molecule has 0 aliphatic rings. The molecule has 0 unspecified atom stereocenters. The number of H-pyrrole nitrogens is 1. The first kappa shape index (κ1) is 13.4. The maximum atomic E-state index is 11.7. The average molecular weight is 284 g/mol. The van der Waals surface area contributed by atoms with Gasteiger partial charge in [0.1, 0.15) is 5.69 Å². The van der Waals surface area contributed by atoms with Crippen LogP contribution in [-0.4, -0.2) is 19.3 Å². The number of hydrogen-bond acceptors (Lipinski definition) is 4. The minimum Gasteiger partial charge on any atom is -0.393 e. The van der Waals surface area contributed by atoms with Gasteiger partial charge in [-0.1, -0.05) is 11.6 Å². The minimum atomic E-state index is -0.590. The van der Waals surface area contributed by atoms with Gasteiger partial charge in [0.15, 0.2) is 0 Å². The van der Waals surface area contributed by atoms with Crippen LogP contribution >= 0.6 is 11.6 Å². The van der Waals surface area contributed by atoms with E-state index >= 15 is 0 Å². The topological polar surface area (TPSA) is 98.7 Å². The van der Waals surface area contributed by atoms with E-state index < -0.39 is 11.2 Å². The van der Waals surface area contributed by atoms with Crippen molar-refractivity contribution < 1.29 is 0 Å². The number of nitrogens with one attached hydrogen (secondary N) is 1. The Bertz CT molecular complexity index is 728. The number of rotatable bonds is 3. The Hall–Kier alpha value is -2.02. The third-order valence-electron chi connectivity index (χ3n) is 2.81. The predicted molar refractivity (Wildman–Crippen MR) is 72.5 cm³/mol. The van der Waals surface area contributed by atoms with Crippen LogP contribution in [0, 0.1) is 6.92 Å². The Labute approximate surface area is 113 Å². The zero-order valence-corrected chi connectivity index (χ0v) is 11.4. The first-order chi connectivity index (χ1) is 8.93. The molecular weight excluding hydrogens is 270 g/mol. The number of aryl methyl sites for hydroxylation is 2. The maximum Gasteiger partial charge on any atom is 0.328 e. The third-order valence-corrected chi connectivity index (χ3v) is 3.30. The summed E-state index contributed by atoms with van der Waals surface area (Å²) >= 11 is 6.16. The van der Waals surface area contributed by atoms with E-state index in [0.717, 1.165) is 0 Å². The van der Waals surface area contributed by atoms with Crippen molar-refractivity contribution in [2.75, 3.05) is 5.73 Å². The molecule has 0 saturated carbocycles. The second-order valence-electron chi connectivity index (χ2n) is 4.13. The fraction of sp³-hybridized carbons (Fsp3) is 0.364. The maximum absolute atomic E-state index is 11.7. The molecule has 2 aromatic rings. The monoisotopic (exact) mass is 283 g/mol. The number of anilines is 1. The normalized spacial score (nSPS) is 10.9. The summed E-state index contributed by atoms with van der Waals surface area (Å²) in [5, 5.41) is 4.77. The number of hydrogen-bond donors (Lipinski definition) is 2. The zero-order chi connectivity index (χ0) is 14.2. The molecule has 19 heavy (non-hydrogen) atoms. The van der Waals surface area contributed by atoms with Gasteiger partial charge < -0.3 is 5.73 Å². The van der Waals surface area contributed by atoms with Crippen LogP contribution in [0.5, 0.6) is 0 Å². The summed E-state index contributed by atoms with van der Waals surface area (Å²) in [4.78, 5) is 25.0. The lowest BCUT2D eigenvalue weighted by molar-refractivity contribution is 0.587. The number of halogens is 1. The lowest BCUT2D eigenvalue weighted by atomic mass is 10.3. The number of aromatic amines is 1. The van der Waals surface area contributed by atoms with Gasteiger partial charge in [-0.05, 0) is 13.8 Å². The van der Waals surface area contributed by atoms with E-state index in [4.69, 9.17) is 17.3 Å². The second-order valence-corrected chi connectivity index (χ2v) is 4.51. The highest BCUT2D eigenvalue weighted by molar-refractivity contribution is 6.31. The standard InChI is InChI=1S/C11H14ClN5O2/c1-3-17-8(9(12)6(2)15-17)5-16-4-7(13)10(18)14-11(16)19/h4H,3,5,13H2,1-2H3,(H,14,18,19). The summed E-state index contributed by atoms with van der Waals surface area (Å²) in [5.74, 6) is 0. The van der Waals surface area contributed by atoms with E-state index in [1.807, 2.05) is 6.92 Å². The Balaban J connectivity index is 2.50. The molecule has 8 heteroatoms. The van der Waals surface area contributed by atoms with E-state index in [1.165, 1.54) is 10.8 Å². The second kappa shape index (κ2) is 4.93. The van der Waals surface area contributed by atoms with Gasteiger partial charge in [0.2, 0.25) is 0 Å². The van der Waals surface area contributed by atoms with Gasteiger partial charge in [0.25, 0.3) is 5.56 Å². The van der Waals surface area contributed by atoms with Gasteiger partial charge in [-0.3, -0.25) is 19.0 Å². The molecule has 0 aromatic carbocycles. The molecule has 0 aliphatic carbocycles. The summed E-state index contributed by atoms with van der Waals surface area (Å²) in [6.45, 7) is 4.56. The molecule has 0 amide bonds. The van der Waals surface area contributed by atoms with Crippen molar-refractivity contribution in [3.05, 3.63) is 43.4 Å². The highest BCUT2D eigenvalue weighted by atomic mass is 35.5. The molecule has 102 valence electrons. The average Bonchev–Trinajstić information content (AvgIpc) is 2.63. The lowest BCUT2D eigenvalue weighted by Gasteiger charge is -2.08. The van der Waals surface area contributed by atoms with Gasteiger partial charge in [0.05, 0.1) is 23.0 Å². The smallest absolute Gasteiger partial charge is 0.328 e. The van der Waals surface area contributed by atoms with E-state index in [1.54, 1.807) is 11.6 Å². The lowest BCUT2D eigenvalue weighted by Crippen LogP contribution is -2.31. The highest BCUT2D eigenvalue weighted by Gasteiger charge is 2.14. The highest BCUT2D eigenvalue weighted by Crippen LogP contribution is 2.20. The molecule has 0 bridgehead atoms. The van der Waals surface area contributed by atoms with Crippen LogP contribution < -0.4 is 17.0 Å². The van der Waals surface area contributed by atoms with Crippen LogP contribution in [0.1, 0.15) is 18.3 Å². The predicted octanol–water partition coefficient (Wildman–Crippen LogP) is 0.345. The molecule has 2 aromatic heterocycles. The molecule has 0 atom stereocenters. The van der Waals surface area contributed by atoms with Crippen molar-refractivity contribution in [2.24, 2.45) is 0 Å². The van der Waals surface area contributed by atoms with Crippen molar-refractivity contribution in [3.63, 3.8) is 0 Å². The first-order valence-corrected chi connectivity index (χ1v) is 6.12. The summed E-state index contributed by atoms with van der Waals surface area (Å²) < 4.78 is 3.01. The molecule has 0 fully saturated rings. The Morgan fingerprint density at radius 1 is 1.47 bits per heavy atom. The van der Waals surface area contributed by atoms with Crippen LogP contribution in [-0.2, 0) is 13.1 Å². The van der Waals surface area contributed by atoms with Gasteiger partial charge in [-0.15, -0.1) is 0 Å². The van der Waals surface area contributed by atoms with Crippen LogP contribution in [0.4, 0.5) is 5.69 Å². The van der Waals surface area contributed by atoms with Crippen molar-refractivity contribution >= 4 is 17.3 Å². The van der Waals surface area contributed by atoms with Gasteiger partial charge >= 0.3 is 5.69 Å². The van der Waals surface area contributed by atoms with E-state index in [0.29, 0.717) is 23.0 Å². The number of nitrogens with two attached hydrogens (primary N) is 1. The van der Waals surface area contributed by atoms with Crippen molar-refractivity contribution in [2.45, 2.75) is 26.9 Å². The Morgan fingerprint density at radius 2 is 2.16 bits per heavy atom. The fourth-order valence-corrected chi connectivity index (χ4v) is 2.02. The quantitative estimate of drug-likeness (QED) is 0.849. The van der Waals surface area contributed by atoms with Crippen LogP contribution in [0.2, 0.25) is 5.02 Å². The first-order valence-electron chi connectivity index (χ1n) is 5.75. The Morgan fingerprint density at radius 3 is 2.79 bits per heavy atom. The number of nitrogen functional groups attached to an aromatic ring is 1. The minimum absolute atomic E-state index is 0.0185. The molecule has 0 saturated heterocycles.